The summed E-state index contributed by atoms with van der Waals surface area (Å²) in [4.78, 5) is 4.33. The van der Waals surface area contributed by atoms with Crippen LogP contribution in [0.15, 0.2) is 6.33 Å². The van der Waals surface area contributed by atoms with Crippen molar-refractivity contribution in [1.82, 2.24) is 14.9 Å². The third-order valence-electron chi connectivity index (χ3n) is 1.95. The van der Waals surface area contributed by atoms with Crippen LogP contribution in [0.1, 0.15) is 31.2 Å². The highest BCUT2D eigenvalue weighted by Crippen LogP contribution is 2.17. The lowest BCUT2D eigenvalue weighted by molar-refractivity contribution is 0.708. The van der Waals surface area contributed by atoms with Gasteiger partial charge >= 0.3 is 0 Å². The zero-order valence-electron chi connectivity index (χ0n) is 8.26. The lowest BCUT2D eigenvalue weighted by Gasteiger charge is -2.08. The van der Waals surface area contributed by atoms with Crippen LogP contribution in [0.5, 0.6) is 0 Å². The van der Waals surface area contributed by atoms with Gasteiger partial charge in [-0.3, -0.25) is 0 Å². The van der Waals surface area contributed by atoms with Crippen molar-refractivity contribution < 1.29 is 0 Å². The van der Waals surface area contributed by atoms with Crippen LogP contribution in [0.4, 0.5) is 0 Å². The Bertz CT molecular complexity index is 250. The van der Waals surface area contributed by atoms with Crippen LogP contribution >= 0.6 is 0 Å². The van der Waals surface area contributed by atoms with E-state index in [1.807, 2.05) is 20.4 Å². The molecule has 1 rings (SSSR count). The Labute approximate surface area is 73.8 Å². The Kier molecular flexibility index (Phi) is 2.87. The van der Waals surface area contributed by atoms with Crippen LogP contribution < -0.4 is 5.32 Å². The first kappa shape index (κ1) is 9.26. The number of nitrogens with one attached hydrogen (secondary N) is 1. The van der Waals surface area contributed by atoms with Crippen molar-refractivity contribution in [3.05, 3.63) is 17.7 Å². The second-order valence-electron chi connectivity index (χ2n) is 3.37. The van der Waals surface area contributed by atoms with E-state index in [0.717, 1.165) is 12.2 Å². The predicted octanol–water partition coefficient (Wildman–Crippen LogP) is 1.26. The molecule has 0 unspecified atom stereocenters. The minimum absolute atomic E-state index is 0.542. The Morgan fingerprint density at radius 2 is 2.25 bits per heavy atom. The number of imidazole rings is 1. The molecule has 0 aliphatic carbocycles. The van der Waals surface area contributed by atoms with Crippen molar-refractivity contribution in [3.63, 3.8) is 0 Å². The highest BCUT2D eigenvalue weighted by atomic mass is 15.0. The lowest BCUT2D eigenvalue weighted by atomic mass is 10.1. The van der Waals surface area contributed by atoms with Gasteiger partial charge in [-0.2, -0.15) is 0 Å². The molecule has 3 nitrogen and oxygen atoms in total. The second kappa shape index (κ2) is 3.72. The van der Waals surface area contributed by atoms with Crippen LogP contribution in [0.3, 0.4) is 0 Å². The molecule has 0 radical (unpaired) electrons. The van der Waals surface area contributed by atoms with Crippen LogP contribution in [0, 0.1) is 0 Å². The van der Waals surface area contributed by atoms with E-state index in [1.165, 1.54) is 5.69 Å². The molecule has 1 N–H and O–H groups in total. The first-order valence-corrected chi connectivity index (χ1v) is 4.31. The minimum Gasteiger partial charge on any atom is -0.337 e. The molecule has 68 valence electrons. The fourth-order valence-electron chi connectivity index (χ4n) is 1.53. The lowest BCUT2D eigenvalue weighted by Crippen LogP contribution is -2.09. The summed E-state index contributed by atoms with van der Waals surface area (Å²) in [5, 5.41) is 3.12. The third-order valence-corrected chi connectivity index (χ3v) is 1.95. The van der Waals surface area contributed by atoms with Gasteiger partial charge in [0.1, 0.15) is 0 Å². The highest BCUT2D eigenvalue weighted by molar-refractivity contribution is 5.16. The smallest absolute Gasteiger partial charge is 0.0949 e. The van der Waals surface area contributed by atoms with Crippen molar-refractivity contribution in [1.29, 1.82) is 0 Å². The summed E-state index contributed by atoms with van der Waals surface area (Å²) in [5.41, 5.74) is 2.49. The Morgan fingerprint density at radius 1 is 1.58 bits per heavy atom. The first-order chi connectivity index (χ1) is 5.66. The standard InChI is InChI=1S/C9H17N3/c1-7(2)9-8(5-10-3)11-6-12(9)4/h6-7,10H,5H2,1-4H3. The summed E-state index contributed by atoms with van der Waals surface area (Å²) in [6.45, 7) is 5.24. The first-order valence-electron chi connectivity index (χ1n) is 4.31. The Balaban J connectivity index is 2.95. The molecule has 0 bridgehead atoms. The molecule has 1 aromatic heterocycles. The predicted molar refractivity (Wildman–Crippen MR) is 50.1 cm³/mol. The molecule has 1 aromatic rings. The van der Waals surface area contributed by atoms with Gasteiger partial charge in [-0.05, 0) is 13.0 Å². The number of hydrogen-bond donors (Lipinski definition) is 1. The summed E-state index contributed by atoms with van der Waals surface area (Å²) in [6, 6.07) is 0. The van der Waals surface area contributed by atoms with E-state index < -0.39 is 0 Å². The normalized spacial score (nSPS) is 11.1. The molecule has 0 spiro atoms. The molecule has 0 aliphatic rings. The fraction of sp³-hybridized carbons (Fsp3) is 0.667. The van der Waals surface area contributed by atoms with E-state index in [9.17, 15) is 0 Å². The average Bonchev–Trinajstić information content (AvgIpc) is 2.32. The number of nitrogens with zero attached hydrogens (tertiary/aromatic N) is 2. The van der Waals surface area contributed by atoms with E-state index in [2.05, 4.69) is 28.7 Å². The molecular weight excluding hydrogens is 150 g/mol. The van der Waals surface area contributed by atoms with Gasteiger partial charge in [0.15, 0.2) is 0 Å². The Morgan fingerprint density at radius 3 is 2.75 bits per heavy atom. The molecular formula is C9H17N3. The molecule has 12 heavy (non-hydrogen) atoms. The van der Waals surface area contributed by atoms with E-state index in [0.29, 0.717) is 5.92 Å². The van der Waals surface area contributed by atoms with Gasteiger partial charge in [-0.25, -0.2) is 4.98 Å². The molecule has 0 saturated heterocycles. The molecule has 3 heteroatoms. The van der Waals surface area contributed by atoms with Gasteiger partial charge in [-0.15, -0.1) is 0 Å². The number of rotatable bonds is 3. The van der Waals surface area contributed by atoms with Crippen molar-refractivity contribution in [2.45, 2.75) is 26.3 Å². The van der Waals surface area contributed by atoms with Crippen LogP contribution in [0.2, 0.25) is 0 Å². The van der Waals surface area contributed by atoms with Crippen LogP contribution in [-0.4, -0.2) is 16.6 Å². The van der Waals surface area contributed by atoms with Gasteiger partial charge in [-0.1, -0.05) is 13.8 Å². The Hall–Kier alpha value is -0.830. The molecule has 0 aromatic carbocycles. The van der Waals surface area contributed by atoms with E-state index >= 15 is 0 Å². The zero-order valence-corrected chi connectivity index (χ0v) is 8.26. The minimum atomic E-state index is 0.542. The zero-order chi connectivity index (χ0) is 9.14. The van der Waals surface area contributed by atoms with Gasteiger partial charge < -0.3 is 9.88 Å². The highest BCUT2D eigenvalue weighted by Gasteiger charge is 2.10. The van der Waals surface area contributed by atoms with Gasteiger partial charge in [0.25, 0.3) is 0 Å². The quantitative estimate of drug-likeness (QED) is 0.734. The van der Waals surface area contributed by atoms with Crippen LogP contribution in [0.25, 0.3) is 0 Å². The summed E-state index contributed by atoms with van der Waals surface area (Å²) >= 11 is 0. The average molecular weight is 167 g/mol. The summed E-state index contributed by atoms with van der Waals surface area (Å²) in [5.74, 6) is 0.542. The maximum absolute atomic E-state index is 4.33. The molecule has 0 fully saturated rings. The molecule has 0 atom stereocenters. The van der Waals surface area contributed by atoms with Gasteiger partial charge in [0.05, 0.1) is 12.0 Å². The molecule has 1 heterocycles. The van der Waals surface area contributed by atoms with Crippen molar-refractivity contribution >= 4 is 0 Å². The SMILES string of the molecule is CNCc1ncn(C)c1C(C)C. The second-order valence-corrected chi connectivity index (χ2v) is 3.37. The summed E-state index contributed by atoms with van der Waals surface area (Å²) in [7, 11) is 3.99. The molecule has 0 aliphatic heterocycles. The van der Waals surface area contributed by atoms with Crippen molar-refractivity contribution in [3.8, 4) is 0 Å². The molecule has 0 saturated carbocycles. The van der Waals surface area contributed by atoms with E-state index in [4.69, 9.17) is 0 Å². The maximum atomic E-state index is 4.33. The van der Waals surface area contributed by atoms with Crippen molar-refractivity contribution in [2.24, 2.45) is 7.05 Å². The maximum Gasteiger partial charge on any atom is 0.0949 e. The number of aryl methyl sites for hydroxylation is 1. The largest absolute Gasteiger partial charge is 0.337 e. The number of hydrogen-bond acceptors (Lipinski definition) is 2. The van der Waals surface area contributed by atoms with Crippen molar-refractivity contribution in [2.75, 3.05) is 7.05 Å². The molecule has 0 amide bonds. The summed E-state index contributed by atoms with van der Waals surface area (Å²) in [6.07, 6.45) is 1.88. The fourth-order valence-corrected chi connectivity index (χ4v) is 1.53. The van der Waals surface area contributed by atoms with E-state index in [1.54, 1.807) is 0 Å². The summed E-state index contributed by atoms with van der Waals surface area (Å²) < 4.78 is 2.09. The number of aromatic nitrogens is 2. The van der Waals surface area contributed by atoms with Gasteiger partial charge in [0.2, 0.25) is 0 Å². The monoisotopic (exact) mass is 167 g/mol. The van der Waals surface area contributed by atoms with E-state index in [-0.39, 0.29) is 0 Å². The third kappa shape index (κ3) is 1.67. The topological polar surface area (TPSA) is 29.9 Å². The van der Waals surface area contributed by atoms with Gasteiger partial charge in [0, 0.05) is 19.3 Å². The van der Waals surface area contributed by atoms with Crippen LogP contribution in [-0.2, 0) is 13.6 Å².